The summed E-state index contributed by atoms with van der Waals surface area (Å²) < 4.78 is 5.36. The zero-order chi connectivity index (χ0) is 16.9. The molecule has 0 saturated carbocycles. The largest absolute Gasteiger partial charge is 0.378 e. The summed E-state index contributed by atoms with van der Waals surface area (Å²) in [7, 11) is 0. The fourth-order valence-corrected chi connectivity index (χ4v) is 2.41. The van der Waals surface area contributed by atoms with Gasteiger partial charge >= 0.3 is 0 Å². The highest BCUT2D eigenvalue weighted by atomic mass is 16.5. The molecular formula is C16H20N6O2. The lowest BCUT2D eigenvalue weighted by Gasteiger charge is -2.28. The first kappa shape index (κ1) is 16.3. The van der Waals surface area contributed by atoms with Crippen LogP contribution in [-0.4, -0.2) is 52.1 Å². The number of amides is 1. The number of ether oxygens (including phenoxy) is 1. The van der Waals surface area contributed by atoms with Crippen LogP contribution in [-0.2, 0) is 11.3 Å². The van der Waals surface area contributed by atoms with Crippen molar-refractivity contribution in [2.45, 2.75) is 20.4 Å². The second-order valence-corrected chi connectivity index (χ2v) is 5.61. The van der Waals surface area contributed by atoms with Crippen LogP contribution < -0.4 is 10.2 Å². The number of carbonyl (C=O) groups is 1. The van der Waals surface area contributed by atoms with Crippen LogP contribution in [0.4, 0.5) is 5.82 Å². The summed E-state index contributed by atoms with van der Waals surface area (Å²) in [5.74, 6) is 1.15. The van der Waals surface area contributed by atoms with Gasteiger partial charge in [-0.25, -0.2) is 15.0 Å². The lowest BCUT2D eigenvalue weighted by Crippen LogP contribution is -2.37. The second kappa shape index (κ2) is 7.31. The van der Waals surface area contributed by atoms with E-state index in [4.69, 9.17) is 4.74 Å². The van der Waals surface area contributed by atoms with Crippen LogP contribution in [0.1, 0.15) is 27.7 Å². The molecule has 3 heterocycles. The summed E-state index contributed by atoms with van der Waals surface area (Å²) >= 11 is 0. The first-order valence-corrected chi connectivity index (χ1v) is 7.86. The van der Waals surface area contributed by atoms with Gasteiger partial charge in [0.25, 0.3) is 5.91 Å². The molecule has 0 spiro atoms. The summed E-state index contributed by atoms with van der Waals surface area (Å²) in [5.41, 5.74) is 1.91. The molecule has 2 aromatic rings. The van der Waals surface area contributed by atoms with Gasteiger partial charge in [0.05, 0.1) is 31.6 Å². The molecule has 1 N–H and O–H groups in total. The smallest absolute Gasteiger partial charge is 0.271 e. The van der Waals surface area contributed by atoms with Crippen molar-refractivity contribution in [1.82, 2.24) is 25.3 Å². The number of hydrogen-bond acceptors (Lipinski definition) is 7. The molecule has 1 aliphatic rings. The highest BCUT2D eigenvalue weighted by Crippen LogP contribution is 2.14. The van der Waals surface area contributed by atoms with E-state index in [1.165, 1.54) is 6.20 Å². The van der Waals surface area contributed by atoms with Gasteiger partial charge in [-0.05, 0) is 13.8 Å². The normalized spacial score (nSPS) is 14.5. The zero-order valence-electron chi connectivity index (χ0n) is 13.8. The third-order valence-electron chi connectivity index (χ3n) is 3.64. The van der Waals surface area contributed by atoms with E-state index in [0.29, 0.717) is 19.0 Å². The van der Waals surface area contributed by atoms with Crippen molar-refractivity contribution in [3.8, 4) is 0 Å². The summed E-state index contributed by atoms with van der Waals surface area (Å²) in [4.78, 5) is 31.3. The topological polar surface area (TPSA) is 93.1 Å². The average Bonchev–Trinajstić information content (AvgIpc) is 2.60. The Morgan fingerprint density at radius 2 is 1.96 bits per heavy atom. The molecule has 2 aromatic heterocycles. The fraction of sp³-hybridized carbons (Fsp3) is 0.438. The molecule has 0 atom stereocenters. The monoisotopic (exact) mass is 328 g/mol. The zero-order valence-corrected chi connectivity index (χ0v) is 13.8. The quantitative estimate of drug-likeness (QED) is 0.881. The van der Waals surface area contributed by atoms with Crippen molar-refractivity contribution in [3.05, 3.63) is 41.4 Å². The van der Waals surface area contributed by atoms with Gasteiger partial charge in [-0.15, -0.1) is 0 Å². The maximum absolute atomic E-state index is 12.1. The van der Waals surface area contributed by atoms with Crippen LogP contribution in [0.2, 0.25) is 0 Å². The Morgan fingerprint density at radius 3 is 2.67 bits per heavy atom. The summed E-state index contributed by atoms with van der Waals surface area (Å²) in [6, 6.07) is 1.95. The third-order valence-corrected chi connectivity index (χ3v) is 3.64. The minimum absolute atomic E-state index is 0.243. The van der Waals surface area contributed by atoms with E-state index >= 15 is 0 Å². The molecule has 1 saturated heterocycles. The van der Waals surface area contributed by atoms with Gasteiger partial charge in [-0.1, -0.05) is 0 Å². The van der Waals surface area contributed by atoms with Crippen LogP contribution in [0, 0.1) is 13.8 Å². The summed E-state index contributed by atoms with van der Waals surface area (Å²) in [5, 5.41) is 2.78. The van der Waals surface area contributed by atoms with Gasteiger partial charge in [0.1, 0.15) is 17.3 Å². The second-order valence-electron chi connectivity index (χ2n) is 5.61. The fourth-order valence-electron chi connectivity index (χ4n) is 2.41. The highest BCUT2D eigenvalue weighted by Gasteiger charge is 2.15. The van der Waals surface area contributed by atoms with Gasteiger partial charge in [-0.3, -0.25) is 9.78 Å². The number of nitrogens with one attached hydrogen (secondary N) is 1. The predicted octanol–water partition coefficient (Wildman–Crippen LogP) is 0.650. The number of hydrogen-bond donors (Lipinski definition) is 1. The molecule has 126 valence electrons. The minimum Gasteiger partial charge on any atom is -0.378 e. The molecule has 1 amide bonds. The first-order chi connectivity index (χ1) is 11.6. The van der Waals surface area contributed by atoms with Crippen molar-refractivity contribution in [2.75, 3.05) is 31.2 Å². The van der Waals surface area contributed by atoms with Gasteiger partial charge in [0.15, 0.2) is 0 Å². The molecule has 0 aliphatic carbocycles. The van der Waals surface area contributed by atoms with Crippen molar-refractivity contribution in [1.29, 1.82) is 0 Å². The molecule has 1 fully saturated rings. The Balaban J connectivity index is 1.67. The Labute approximate surface area is 140 Å². The van der Waals surface area contributed by atoms with E-state index in [-0.39, 0.29) is 18.1 Å². The first-order valence-electron chi connectivity index (χ1n) is 7.86. The van der Waals surface area contributed by atoms with E-state index in [2.05, 4.69) is 30.2 Å². The van der Waals surface area contributed by atoms with Crippen molar-refractivity contribution >= 4 is 11.7 Å². The van der Waals surface area contributed by atoms with Gasteiger partial charge < -0.3 is 15.0 Å². The maximum atomic E-state index is 12.1. The third kappa shape index (κ3) is 4.02. The standard InChI is InChI=1S/C16H20N6O2/c1-11-7-15(22-3-5-24-6-4-22)21-14(20-11)10-19-16(23)13-9-17-12(2)8-18-13/h7-9H,3-6,10H2,1-2H3,(H,19,23). The van der Waals surface area contributed by atoms with E-state index in [9.17, 15) is 4.79 Å². The Morgan fingerprint density at radius 1 is 1.17 bits per heavy atom. The molecule has 8 heteroatoms. The molecule has 24 heavy (non-hydrogen) atoms. The number of carbonyl (C=O) groups excluding carboxylic acids is 1. The molecule has 0 radical (unpaired) electrons. The Hall–Kier alpha value is -2.61. The summed E-state index contributed by atoms with van der Waals surface area (Å²) in [6.07, 6.45) is 3.02. The van der Waals surface area contributed by atoms with Crippen LogP contribution in [0.3, 0.4) is 0 Å². The number of rotatable bonds is 4. The van der Waals surface area contributed by atoms with E-state index in [1.807, 2.05) is 19.9 Å². The molecule has 0 unspecified atom stereocenters. The van der Waals surface area contributed by atoms with Gasteiger partial charge in [0.2, 0.25) is 0 Å². The minimum atomic E-state index is -0.291. The lowest BCUT2D eigenvalue weighted by atomic mass is 10.3. The van der Waals surface area contributed by atoms with Crippen molar-refractivity contribution in [2.24, 2.45) is 0 Å². The Kier molecular flexibility index (Phi) is 4.95. The molecule has 3 rings (SSSR count). The molecule has 1 aliphatic heterocycles. The van der Waals surface area contributed by atoms with Crippen LogP contribution in [0.5, 0.6) is 0 Å². The van der Waals surface area contributed by atoms with Crippen molar-refractivity contribution in [3.63, 3.8) is 0 Å². The average molecular weight is 328 g/mol. The van der Waals surface area contributed by atoms with Gasteiger partial charge in [-0.2, -0.15) is 0 Å². The number of anilines is 1. The Bertz CT molecular complexity index is 713. The van der Waals surface area contributed by atoms with Crippen LogP contribution in [0.15, 0.2) is 18.5 Å². The molecule has 8 nitrogen and oxygen atoms in total. The molecular weight excluding hydrogens is 308 g/mol. The number of aryl methyl sites for hydroxylation is 2. The predicted molar refractivity (Wildman–Crippen MR) is 87.7 cm³/mol. The van der Waals surface area contributed by atoms with Crippen molar-refractivity contribution < 1.29 is 9.53 Å². The molecule has 0 bridgehead atoms. The van der Waals surface area contributed by atoms with Crippen LogP contribution in [0.25, 0.3) is 0 Å². The lowest BCUT2D eigenvalue weighted by molar-refractivity contribution is 0.0944. The van der Waals surface area contributed by atoms with E-state index < -0.39 is 0 Å². The summed E-state index contributed by atoms with van der Waals surface area (Å²) in [6.45, 7) is 6.99. The number of nitrogens with zero attached hydrogens (tertiary/aromatic N) is 5. The number of aromatic nitrogens is 4. The highest BCUT2D eigenvalue weighted by molar-refractivity contribution is 5.91. The maximum Gasteiger partial charge on any atom is 0.271 e. The molecule has 0 aromatic carbocycles. The number of morpholine rings is 1. The van der Waals surface area contributed by atoms with E-state index in [0.717, 1.165) is 30.3 Å². The van der Waals surface area contributed by atoms with E-state index in [1.54, 1.807) is 6.20 Å². The SMILES string of the molecule is Cc1cnc(C(=O)NCc2nc(C)cc(N3CCOCC3)n2)cn1. The van der Waals surface area contributed by atoms with Crippen LogP contribution >= 0.6 is 0 Å². The van der Waals surface area contributed by atoms with Gasteiger partial charge in [0, 0.05) is 31.0 Å².